The molecule has 2 aromatic carbocycles. The summed E-state index contributed by atoms with van der Waals surface area (Å²) in [5, 5.41) is 11.1. The lowest BCUT2D eigenvalue weighted by Crippen LogP contribution is -2.31. The minimum atomic E-state index is -4.17. The van der Waals surface area contributed by atoms with E-state index in [1.165, 1.54) is 43.5 Å². The van der Waals surface area contributed by atoms with E-state index < -0.39 is 26.8 Å². The van der Waals surface area contributed by atoms with Crippen LogP contribution in [0.3, 0.4) is 0 Å². The number of imidazole rings is 1. The Morgan fingerprint density at radius 3 is 2.61 bits per heavy atom. The molecule has 0 spiro atoms. The van der Waals surface area contributed by atoms with Crippen LogP contribution in [0.15, 0.2) is 59.8 Å². The Hall–Kier alpha value is -3.11. The zero-order chi connectivity index (χ0) is 20.5. The van der Waals surface area contributed by atoms with Crippen LogP contribution in [0.1, 0.15) is 23.0 Å². The topological polar surface area (TPSA) is 107 Å². The summed E-state index contributed by atoms with van der Waals surface area (Å²) in [5.74, 6) is -0.183. The zero-order valence-electron chi connectivity index (χ0n) is 15.0. The molecule has 0 saturated heterocycles. The lowest BCUT2D eigenvalue weighted by molar-refractivity contribution is -0.385. The standard InChI is InChI=1S/C18H17FN4O4S/c1-12-6-7-15(11-16(12)23(24)25)28(26,27)21-17(18-20-8-9-22(18)2)13-4-3-5-14(19)10-13/h3-11,17,21H,1-2H3. The van der Waals surface area contributed by atoms with Crippen LogP contribution in [0.25, 0.3) is 0 Å². The maximum absolute atomic E-state index is 13.7. The first-order valence-corrected chi connectivity index (χ1v) is 9.67. The van der Waals surface area contributed by atoms with Gasteiger partial charge in [0.25, 0.3) is 5.69 Å². The first-order chi connectivity index (χ1) is 13.2. The number of aromatic nitrogens is 2. The van der Waals surface area contributed by atoms with E-state index in [0.717, 1.165) is 6.07 Å². The molecule has 0 saturated carbocycles. The number of sulfonamides is 1. The van der Waals surface area contributed by atoms with E-state index in [-0.39, 0.29) is 10.6 Å². The van der Waals surface area contributed by atoms with E-state index in [0.29, 0.717) is 17.0 Å². The molecular weight excluding hydrogens is 387 g/mol. The maximum Gasteiger partial charge on any atom is 0.273 e. The van der Waals surface area contributed by atoms with Crippen molar-refractivity contribution in [3.8, 4) is 0 Å². The summed E-state index contributed by atoms with van der Waals surface area (Å²) in [6.45, 7) is 1.52. The van der Waals surface area contributed by atoms with Gasteiger partial charge in [-0.25, -0.2) is 17.8 Å². The molecule has 1 atom stereocenters. The summed E-state index contributed by atoms with van der Waals surface area (Å²) in [5.41, 5.74) is 0.386. The van der Waals surface area contributed by atoms with Gasteiger partial charge in [-0.15, -0.1) is 0 Å². The van der Waals surface area contributed by atoms with Crippen molar-refractivity contribution in [1.82, 2.24) is 14.3 Å². The minimum Gasteiger partial charge on any atom is -0.336 e. The van der Waals surface area contributed by atoms with Crippen LogP contribution in [0.5, 0.6) is 0 Å². The number of nitro groups is 1. The van der Waals surface area contributed by atoms with E-state index in [1.807, 2.05) is 0 Å². The Morgan fingerprint density at radius 2 is 2.00 bits per heavy atom. The van der Waals surface area contributed by atoms with Gasteiger partial charge in [0.1, 0.15) is 17.7 Å². The van der Waals surface area contributed by atoms with Gasteiger partial charge in [0.15, 0.2) is 0 Å². The zero-order valence-corrected chi connectivity index (χ0v) is 15.9. The summed E-state index contributed by atoms with van der Waals surface area (Å²) in [4.78, 5) is 14.4. The fourth-order valence-electron chi connectivity index (χ4n) is 2.79. The van der Waals surface area contributed by atoms with Crippen LogP contribution in [-0.4, -0.2) is 22.9 Å². The normalized spacial score (nSPS) is 12.7. The van der Waals surface area contributed by atoms with Gasteiger partial charge in [0.05, 0.1) is 9.82 Å². The predicted octanol–water partition coefficient (Wildman–Crippen LogP) is 2.84. The van der Waals surface area contributed by atoms with Crippen LogP contribution >= 0.6 is 0 Å². The molecule has 0 bridgehead atoms. The van der Waals surface area contributed by atoms with Crippen molar-refractivity contribution in [2.24, 2.45) is 7.05 Å². The summed E-state index contributed by atoms with van der Waals surface area (Å²) in [6.07, 6.45) is 3.12. The Balaban J connectivity index is 2.07. The Kier molecular flexibility index (Phi) is 5.25. The van der Waals surface area contributed by atoms with Crippen molar-refractivity contribution >= 4 is 15.7 Å². The highest BCUT2D eigenvalue weighted by Gasteiger charge is 2.27. The average Bonchev–Trinajstić information content (AvgIpc) is 3.05. The smallest absolute Gasteiger partial charge is 0.273 e. The highest BCUT2D eigenvalue weighted by molar-refractivity contribution is 7.89. The highest BCUT2D eigenvalue weighted by atomic mass is 32.2. The van der Waals surface area contributed by atoms with Crippen LogP contribution in [0, 0.1) is 22.9 Å². The Bertz CT molecular complexity index is 1140. The predicted molar refractivity (Wildman–Crippen MR) is 99.6 cm³/mol. The lowest BCUT2D eigenvalue weighted by atomic mass is 10.1. The first kappa shape index (κ1) is 19.6. The second-order valence-electron chi connectivity index (χ2n) is 6.21. The molecular formula is C18H17FN4O4S. The number of hydrogen-bond donors (Lipinski definition) is 1. The molecule has 0 amide bonds. The second kappa shape index (κ2) is 7.49. The molecule has 1 heterocycles. The maximum atomic E-state index is 13.7. The molecule has 146 valence electrons. The third-order valence-electron chi connectivity index (χ3n) is 4.26. The molecule has 3 aromatic rings. The molecule has 0 fully saturated rings. The van der Waals surface area contributed by atoms with Gasteiger partial charge < -0.3 is 4.57 Å². The second-order valence-corrected chi connectivity index (χ2v) is 7.93. The number of benzene rings is 2. The number of nitrogens with zero attached hydrogens (tertiary/aromatic N) is 3. The van der Waals surface area contributed by atoms with Gasteiger partial charge in [0.2, 0.25) is 10.0 Å². The van der Waals surface area contributed by atoms with Crippen molar-refractivity contribution < 1.29 is 17.7 Å². The number of aryl methyl sites for hydroxylation is 2. The number of halogens is 1. The van der Waals surface area contributed by atoms with Gasteiger partial charge in [-0.3, -0.25) is 10.1 Å². The number of nitro benzene ring substituents is 1. The molecule has 3 rings (SSSR count). The average molecular weight is 404 g/mol. The lowest BCUT2D eigenvalue weighted by Gasteiger charge is -2.19. The van der Waals surface area contributed by atoms with Gasteiger partial charge in [0, 0.05) is 31.1 Å². The molecule has 0 aliphatic carbocycles. The van der Waals surface area contributed by atoms with E-state index >= 15 is 0 Å². The van der Waals surface area contributed by atoms with Crippen molar-refractivity contribution in [2.75, 3.05) is 0 Å². The third kappa shape index (κ3) is 3.92. The number of hydrogen-bond acceptors (Lipinski definition) is 5. The molecule has 1 aromatic heterocycles. The Labute approximate surface area is 160 Å². The minimum absolute atomic E-state index is 0.264. The van der Waals surface area contributed by atoms with Gasteiger partial charge in [-0.1, -0.05) is 18.2 Å². The molecule has 1 unspecified atom stereocenters. The van der Waals surface area contributed by atoms with Crippen LogP contribution in [0.2, 0.25) is 0 Å². The molecule has 10 heteroatoms. The largest absolute Gasteiger partial charge is 0.336 e. The highest BCUT2D eigenvalue weighted by Crippen LogP contribution is 2.26. The molecule has 1 N–H and O–H groups in total. The molecule has 28 heavy (non-hydrogen) atoms. The quantitative estimate of drug-likeness (QED) is 0.502. The van der Waals surface area contributed by atoms with Crippen molar-refractivity contribution in [3.05, 3.63) is 87.7 Å². The van der Waals surface area contributed by atoms with Gasteiger partial charge >= 0.3 is 0 Å². The Morgan fingerprint density at radius 1 is 1.25 bits per heavy atom. The summed E-state index contributed by atoms with van der Waals surface area (Å²) in [6, 6.07) is 8.15. The monoisotopic (exact) mass is 404 g/mol. The van der Waals surface area contributed by atoms with Crippen molar-refractivity contribution in [2.45, 2.75) is 17.9 Å². The van der Waals surface area contributed by atoms with E-state index in [9.17, 15) is 22.9 Å². The fraction of sp³-hybridized carbons (Fsp3) is 0.167. The number of rotatable bonds is 6. The van der Waals surface area contributed by atoms with Gasteiger partial charge in [-0.2, -0.15) is 4.72 Å². The first-order valence-electron chi connectivity index (χ1n) is 8.19. The van der Waals surface area contributed by atoms with Crippen LogP contribution in [-0.2, 0) is 17.1 Å². The molecule has 8 nitrogen and oxygen atoms in total. The summed E-state index contributed by atoms with van der Waals surface area (Å²) in [7, 11) is -2.49. The molecule has 0 aliphatic rings. The summed E-state index contributed by atoms with van der Waals surface area (Å²) < 4.78 is 43.7. The molecule has 0 aliphatic heterocycles. The third-order valence-corrected chi connectivity index (χ3v) is 5.68. The SMILES string of the molecule is Cc1ccc(S(=O)(=O)NC(c2cccc(F)c2)c2nccn2C)cc1[N+](=O)[O-]. The van der Waals surface area contributed by atoms with Crippen LogP contribution < -0.4 is 4.72 Å². The van der Waals surface area contributed by atoms with E-state index in [2.05, 4.69) is 9.71 Å². The summed E-state index contributed by atoms with van der Waals surface area (Å²) >= 11 is 0. The van der Waals surface area contributed by atoms with E-state index in [1.54, 1.807) is 23.9 Å². The van der Waals surface area contributed by atoms with Crippen molar-refractivity contribution in [1.29, 1.82) is 0 Å². The fourth-order valence-corrected chi connectivity index (χ4v) is 3.99. The van der Waals surface area contributed by atoms with Gasteiger partial charge in [-0.05, 0) is 30.7 Å². The number of nitrogens with one attached hydrogen (secondary N) is 1. The molecule has 0 radical (unpaired) electrons. The van der Waals surface area contributed by atoms with E-state index in [4.69, 9.17) is 0 Å². The van der Waals surface area contributed by atoms with Crippen LogP contribution in [0.4, 0.5) is 10.1 Å². The van der Waals surface area contributed by atoms with Crippen molar-refractivity contribution in [3.63, 3.8) is 0 Å².